The van der Waals surface area contributed by atoms with Crippen molar-refractivity contribution >= 4 is 142 Å². The van der Waals surface area contributed by atoms with E-state index in [2.05, 4.69) is 219 Å². The fourth-order valence-electron chi connectivity index (χ4n) is 11.6. The third kappa shape index (κ3) is 6.54. The molecular formula is C63H55BN2S4. The van der Waals surface area contributed by atoms with Crippen LogP contribution in [-0.2, 0) is 10.8 Å². The molecule has 0 aliphatic carbocycles. The molecule has 7 heteroatoms. The standard InChI is InChI=1S/C63H55BN2S4/c1-34-28-47-55-48(29-34)66(57-36(3)21-25-44(38(57)5)54-31-40-17-13-15-19-50(40)68-54)59-46-33-42(63(9,10)11)23-27-52(46)70-61(59)64(55)60-58(45-32-41(62(6,7)8)22-26-51(45)69-60)65(47)56-35(2)20-24-43(37(56)4)53-30-39-16-12-14-18-49(39)67-53/h12-33H,1-11H3. The van der Waals surface area contributed by atoms with Gasteiger partial charge >= 0.3 is 0 Å². The molecule has 0 fully saturated rings. The van der Waals surface area contributed by atoms with Crippen LogP contribution in [0.25, 0.3) is 61.2 Å². The van der Waals surface area contributed by atoms with Crippen molar-refractivity contribution in [2.24, 2.45) is 0 Å². The lowest BCUT2D eigenvalue weighted by Crippen LogP contribution is -2.59. The molecule has 0 unspecified atom stereocenters. The van der Waals surface area contributed by atoms with Crippen LogP contribution in [-0.4, -0.2) is 6.71 Å². The molecule has 6 heterocycles. The number of nitrogens with zero attached hydrogens (tertiary/aromatic N) is 2. The molecule has 13 rings (SSSR count). The highest BCUT2D eigenvalue weighted by Gasteiger charge is 2.48. The Hall–Kier alpha value is -5.96. The van der Waals surface area contributed by atoms with Gasteiger partial charge in [0.1, 0.15) is 0 Å². The minimum atomic E-state index is -0.00799. The molecule has 2 aliphatic rings. The Bertz CT molecular complexity index is 3690. The van der Waals surface area contributed by atoms with Gasteiger partial charge < -0.3 is 9.80 Å². The zero-order valence-electron chi connectivity index (χ0n) is 41.8. The first kappa shape index (κ1) is 44.0. The lowest BCUT2D eigenvalue weighted by atomic mass is 9.39. The zero-order chi connectivity index (χ0) is 48.3. The van der Waals surface area contributed by atoms with Crippen LogP contribution in [0.2, 0.25) is 0 Å². The van der Waals surface area contributed by atoms with Gasteiger partial charge in [0.25, 0.3) is 6.71 Å². The molecule has 0 spiro atoms. The highest BCUT2D eigenvalue weighted by atomic mass is 32.1. The van der Waals surface area contributed by atoms with Crippen molar-refractivity contribution in [1.29, 1.82) is 0 Å². The van der Waals surface area contributed by atoms with Gasteiger partial charge in [-0.15, -0.1) is 45.3 Å². The van der Waals surface area contributed by atoms with Crippen molar-refractivity contribution in [2.45, 2.75) is 87.0 Å². The quantitative estimate of drug-likeness (QED) is 0.162. The Kier molecular flexibility index (Phi) is 9.76. The largest absolute Gasteiger partial charge is 0.309 e. The van der Waals surface area contributed by atoms with E-state index >= 15 is 0 Å². The Morgan fingerprint density at radius 3 is 1.26 bits per heavy atom. The van der Waals surface area contributed by atoms with Crippen molar-refractivity contribution in [3.05, 3.63) is 172 Å². The molecule has 344 valence electrons. The van der Waals surface area contributed by atoms with Crippen LogP contribution >= 0.6 is 45.3 Å². The van der Waals surface area contributed by atoms with Crippen LogP contribution < -0.4 is 24.8 Å². The molecule has 0 saturated carbocycles. The average Bonchev–Trinajstić information content (AvgIpc) is 4.12. The minimum Gasteiger partial charge on any atom is -0.309 e. The maximum absolute atomic E-state index is 2.73. The number of hydrogen-bond donors (Lipinski definition) is 0. The highest BCUT2D eigenvalue weighted by Crippen LogP contribution is 2.55. The van der Waals surface area contributed by atoms with E-state index < -0.39 is 0 Å². The summed E-state index contributed by atoms with van der Waals surface area (Å²) in [5, 5.41) is 5.29. The van der Waals surface area contributed by atoms with Gasteiger partial charge in [0.15, 0.2) is 0 Å². The van der Waals surface area contributed by atoms with Gasteiger partial charge in [-0.05, 0) is 172 Å². The fourth-order valence-corrected chi connectivity index (χ4v) is 16.6. The lowest BCUT2D eigenvalue weighted by Gasteiger charge is -2.44. The van der Waals surface area contributed by atoms with Crippen LogP contribution in [0.15, 0.2) is 133 Å². The van der Waals surface area contributed by atoms with Crippen molar-refractivity contribution in [1.82, 2.24) is 0 Å². The summed E-state index contributed by atoms with van der Waals surface area (Å²) in [6.45, 7) is 25.9. The second kappa shape index (κ2) is 15.5. The smallest absolute Gasteiger partial charge is 0.277 e. The maximum atomic E-state index is 2.73. The monoisotopic (exact) mass is 978 g/mol. The predicted molar refractivity (Wildman–Crippen MR) is 314 cm³/mol. The Morgan fingerprint density at radius 2 is 0.843 bits per heavy atom. The number of benzene rings is 7. The van der Waals surface area contributed by atoms with E-state index in [0.717, 1.165) is 0 Å². The van der Waals surface area contributed by atoms with E-state index in [9.17, 15) is 0 Å². The summed E-state index contributed by atoms with van der Waals surface area (Å²) in [6, 6.07) is 51.6. The summed E-state index contributed by atoms with van der Waals surface area (Å²) in [4.78, 5) is 8.08. The van der Waals surface area contributed by atoms with Gasteiger partial charge in [-0.2, -0.15) is 0 Å². The highest BCUT2D eigenvalue weighted by molar-refractivity contribution is 7.40. The summed E-state index contributed by atoms with van der Waals surface area (Å²) in [7, 11) is 0. The second-order valence-electron chi connectivity index (χ2n) is 22.0. The van der Waals surface area contributed by atoms with Crippen molar-refractivity contribution in [3.63, 3.8) is 0 Å². The normalized spacial score (nSPS) is 13.6. The van der Waals surface area contributed by atoms with Crippen LogP contribution in [0, 0.1) is 34.6 Å². The molecule has 11 aromatic rings. The van der Waals surface area contributed by atoms with Crippen molar-refractivity contribution in [3.8, 4) is 20.9 Å². The fraction of sp³-hybridized carbons (Fsp3) is 0.206. The molecule has 0 N–H and O–H groups in total. The number of hydrogen-bond acceptors (Lipinski definition) is 6. The summed E-state index contributed by atoms with van der Waals surface area (Å²) in [5.74, 6) is 0. The molecule has 0 saturated heterocycles. The van der Waals surface area contributed by atoms with E-state index in [0.29, 0.717) is 0 Å². The van der Waals surface area contributed by atoms with E-state index in [1.54, 1.807) is 0 Å². The Balaban J connectivity index is 1.15. The second-order valence-corrected chi connectivity index (χ2v) is 26.3. The van der Waals surface area contributed by atoms with Gasteiger partial charge in [-0.25, -0.2) is 0 Å². The van der Waals surface area contributed by atoms with E-state index in [1.807, 2.05) is 45.3 Å². The molecule has 2 nitrogen and oxygen atoms in total. The summed E-state index contributed by atoms with van der Waals surface area (Å²) >= 11 is 7.82. The predicted octanol–water partition coefficient (Wildman–Crippen LogP) is 18.1. The molecule has 2 aliphatic heterocycles. The number of anilines is 6. The SMILES string of the molecule is Cc1cc2c3c(c1)N(c1c(C)ccc(-c4cc5ccccc5s4)c1C)c1c(sc4ccc(C(C)(C)C)cc14)B3c1sc3ccc(C(C)(C)C)cc3c1N2c1c(C)ccc(-c2cc3ccccc3s2)c1C. The molecule has 7 aromatic carbocycles. The molecule has 0 bridgehead atoms. The number of fused-ring (bicyclic) bond motifs is 10. The van der Waals surface area contributed by atoms with Gasteiger partial charge in [-0.1, -0.05) is 114 Å². The molecule has 0 amide bonds. The van der Waals surface area contributed by atoms with Gasteiger partial charge in [0.05, 0.1) is 22.7 Å². The average molecular weight is 979 g/mol. The first-order valence-corrected chi connectivity index (χ1v) is 27.9. The number of thiophene rings is 4. The summed E-state index contributed by atoms with van der Waals surface area (Å²) in [5.41, 5.74) is 21.0. The maximum Gasteiger partial charge on any atom is 0.277 e. The molecule has 0 radical (unpaired) electrons. The Labute approximate surface area is 428 Å². The molecule has 70 heavy (non-hydrogen) atoms. The van der Waals surface area contributed by atoms with E-state index in [-0.39, 0.29) is 17.5 Å². The number of aryl methyl sites for hydroxylation is 3. The van der Waals surface area contributed by atoms with Gasteiger partial charge in [0.2, 0.25) is 0 Å². The lowest BCUT2D eigenvalue weighted by molar-refractivity contribution is 0.591. The third-order valence-electron chi connectivity index (χ3n) is 15.2. The summed E-state index contributed by atoms with van der Waals surface area (Å²) in [6.07, 6.45) is 0. The van der Waals surface area contributed by atoms with E-state index in [4.69, 9.17) is 0 Å². The third-order valence-corrected chi connectivity index (χ3v) is 20.0. The topological polar surface area (TPSA) is 6.48 Å². The van der Waals surface area contributed by atoms with Crippen LogP contribution in [0.3, 0.4) is 0 Å². The van der Waals surface area contributed by atoms with Crippen LogP contribution in [0.5, 0.6) is 0 Å². The van der Waals surface area contributed by atoms with Gasteiger partial charge in [-0.3, -0.25) is 0 Å². The summed E-state index contributed by atoms with van der Waals surface area (Å²) < 4.78 is 8.19. The first-order chi connectivity index (χ1) is 33.5. The van der Waals surface area contributed by atoms with Crippen molar-refractivity contribution in [2.75, 3.05) is 9.80 Å². The van der Waals surface area contributed by atoms with Crippen LogP contribution in [0.1, 0.15) is 80.5 Å². The van der Waals surface area contributed by atoms with Gasteiger partial charge in [0, 0.05) is 60.3 Å². The van der Waals surface area contributed by atoms with E-state index in [1.165, 1.54) is 149 Å². The minimum absolute atomic E-state index is 0.00799. The molecule has 4 aromatic heterocycles. The molecule has 0 atom stereocenters. The molecular weight excluding hydrogens is 924 g/mol. The van der Waals surface area contributed by atoms with Crippen LogP contribution in [0.4, 0.5) is 34.1 Å². The first-order valence-electron chi connectivity index (χ1n) is 24.6. The Morgan fingerprint density at radius 1 is 0.414 bits per heavy atom. The van der Waals surface area contributed by atoms with Crippen molar-refractivity contribution < 1.29 is 0 Å². The number of rotatable bonds is 4. The zero-order valence-corrected chi connectivity index (χ0v) is 45.1.